The fourth-order valence-electron chi connectivity index (χ4n) is 4.04. The quantitative estimate of drug-likeness (QED) is 0.411. The Kier molecular flexibility index (Phi) is 5.97. The summed E-state index contributed by atoms with van der Waals surface area (Å²) in [5, 5.41) is 2.42. The summed E-state index contributed by atoms with van der Waals surface area (Å²) < 4.78 is 18.1. The van der Waals surface area contributed by atoms with Gasteiger partial charge < -0.3 is 4.90 Å². The van der Waals surface area contributed by atoms with Crippen molar-refractivity contribution < 1.29 is 8.39 Å². The normalized spacial score (nSPS) is 17.0. The molecular formula is C26H25N3O2S. The van der Waals surface area contributed by atoms with E-state index in [1.807, 2.05) is 43.5 Å². The van der Waals surface area contributed by atoms with Gasteiger partial charge >= 0.3 is 0 Å². The summed E-state index contributed by atoms with van der Waals surface area (Å²) in [5.41, 5.74) is 3.14. The van der Waals surface area contributed by atoms with Gasteiger partial charge in [-0.05, 0) is 48.4 Å². The molecule has 1 aromatic heterocycles. The average Bonchev–Trinajstić information content (AvgIpc) is 3.32. The molecule has 0 bridgehead atoms. The van der Waals surface area contributed by atoms with Crippen molar-refractivity contribution in [2.45, 2.75) is 18.2 Å². The summed E-state index contributed by atoms with van der Waals surface area (Å²) in [6, 6.07) is 24.3. The Morgan fingerprint density at radius 3 is 2.69 bits per heavy atom. The molecule has 4 aromatic rings. The second-order valence-electron chi connectivity index (χ2n) is 8.24. The minimum absolute atomic E-state index is 0.303. The Morgan fingerprint density at radius 2 is 1.84 bits per heavy atom. The number of anilines is 1. The molecule has 1 fully saturated rings. The molecule has 5 nitrogen and oxygen atoms in total. The minimum atomic E-state index is -1.43. The van der Waals surface area contributed by atoms with Crippen LogP contribution in [0, 0.1) is 12.8 Å². The lowest BCUT2D eigenvalue weighted by Crippen LogP contribution is -2.23. The maximum atomic E-state index is 12.4. The third-order valence-electron chi connectivity index (χ3n) is 5.88. The van der Waals surface area contributed by atoms with Crippen LogP contribution in [0.1, 0.15) is 12.0 Å². The second kappa shape index (κ2) is 9.18. The average molecular weight is 444 g/mol. The highest BCUT2D eigenvalue weighted by atomic mass is 32.2. The van der Waals surface area contributed by atoms with Gasteiger partial charge in [-0.2, -0.15) is 0 Å². The number of aryl methyl sites for hydroxylation is 1. The predicted molar refractivity (Wildman–Crippen MR) is 129 cm³/mol. The van der Waals surface area contributed by atoms with Gasteiger partial charge in [0.05, 0.1) is 17.2 Å². The largest absolute Gasteiger partial charge is 0.340 e. The number of aromatic nitrogens is 2. The zero-order valence-corrected chi connectivity index (χ0v) is 18.8. The minimum Gasteiger partial charge on any atom is -0.340 e. The SMILES string of the molecule is Cc1ccc(S(=O)OCC2CCN(c3nccc(-c4ccc5ccccc5c4)n3)C2)cc1. The molecule has 1 aliphatic rings. The fourth-order valence-corrected chi connectivity index (χ4v) is 4.85. The Bertz CT molecular complexity index is 1260. The lowest BCUT2D eigenvalue weighted by Gasteiger charge is -2.17. The van der Waals surface area contributed by atoms with Crippen LogP contribution in [0.15, 0.2) is 83.9 Å². The standard InChI is InChI=1S/C26H25N3O2S/c1-19-6-10-24(11-7-19)32(30)31-18-20-13-15-29(17-20)26-27-14-12-25(28-26)23-9-8-21-4-2-3-5-22(21)16-23/h2-12,14,16,20H,13,15,17-18H2,1H3. The molecule has 2 atom stereocenters. The van der Waals surface area contributed by atoms with Crippen molar-refractivity contribution in [3.63, 3.8) is 0 Å². The van der Waals surface area contributed by atoms with Crippen molar-refractivity contribution in [1.82, 2.24) is 9.97 Å². The molecule has 0 spiro atoms. The van der Waals surface area contributed by atoms with Crippen molar-refractivity contribution >= 4 is 27.8 Å². The number of fused-ring (bicyclic) bond motifs is 1. The zero-order chi connectivity index (χ0) is 21.9. The molecule has 1 saturated heterocycles. The third-order valence-corrected chi connectivity index (χ3v) is 6.89. The van der Waals surface area contributed by atoms with Gasteiger partial charge in [-0.25, -0.2) is 14.2 Å². The van der Waals surface area contributed by atoms with Crippen molar-refractivity contribution in [3.05, 3.63) is 84.6 Å². The molecular weight excluding hydrogens is 418 g/mol. The first kappa shape index (κ1) is 20.8. The molecule has 32 heavy (non-hydrogen) atoms. The highest BCUT2D eigenvalue weighted by Crippen LogP contribution is 2.26. The molecule has 0 amide bonds. The van der Waals surface area contributed by atoms with E-state index in [1.54, 1.807) is 0 Å². The first-order valence-corrected chi connectivity index (χ1v) is 11.9. The molecule has 2 heterocycles. The molecule has 0 N–H and O–H groups in total. The first-order valence-electron chi connectivity index (χ1n) is 10.8. The molecule has 162 valence electrons. The van der Waals surface area contributed by atoms with Crippen LogP contribution in [-0.2, 0) is 15.3 Å². The monoisotopic (exact) mass is 443 g/mol. The first-order chi connectivity index (χ1) is 15.7. The summed E-state index contributed by atoms with van der Waals surface area (Å²) in [6.45, 7) is 4.14. The van der Waals surface area contributed by atoms with E-state index in [4.69, 9.17) is 9.17 Å². The Hall–Kier alpha value is -3.09. The molecule has 0 radical (unpaired) electrons. The van der Waals surface area contributed by atoms with Crippen molar-refractivity contribution in [2.24, 2.45) is 5.92 Å². The Morgan fingerprint density at radius 1 is 1.03 bits per heavy atom. The van der Waals surface area contributed by atoms with Gasteiger partial charge in [0.15, 0.2) is 11.1 Å². The molecule has 5 rings (SSSR count). The molecule has 6 heteroatoms. The summed E-state index contributed by atoms with van der Waals surface area (Å²) >= 11 is -1.43. The summed E-state index contributed by atoms with van der Waals surface area (Å²) in [7, 11) is 0. The van der Waals surface area contributed by atoms with Crippen LogP contribution in [-0.4, -0.2) is 33.9 Å². The number of hydrogen-bond donors (Lipinski definition) is 0. The van der Waals surface area contributed by atoms with E-state index in [-0.39, 0.29) is 0 Å². The highest BCUT2D eigenvalue weighted by Gasteiger charge is 2.25. The fraction of sp³-hybridized carbons (Fsp3) is 0.231. The van der Waals surface area contributed by atoms with Crippen molar-refractivity contribution in [1.29, 1.82) is 0 Å². The topological polar surface area (TPSA) is 55.3 Å². The van der Waals surface area contributed by atoms with Crippen LogP contribution >= 0.6 is 0 Å². The van der Waals surface area contributed by atoms with Crippen LogP contribution in [0.3, 0.4) is 0 Å². The summed E-state index contributed by atoms with van der Waals surface area (Å²) in [5.74, 6) is 1.04. The maximum absolute atomic E-state index is 12.4. The maximum Gasteiger partial charge on any atom is 0.225 e. The van der Waals surface area contributed by atoms with E-state index >= 15 is 0 Å². The number of benzene rings is 3. The van der Waals surface area contributed by atoms with Gasteiger partial charge in [0.25, 0.3) is 0 Å². The molecule has 0 aliphatic carbocycles. The van der Waals surface area contributed by atoms with Crippen LogP contribution in [0.4, 0.5) is 5.95 Å². The van der Waals surface area contributed by atoms with Crippen LogP contribution in [0.2, 0.25) is 0 Å². The number of nitrogens with zero attached hydrogens (tertiary/aromatic N) is 3. The van der Waals surface area contributed by atoms with Crippen LogP contribution in [0.25, 0.3) is 22.0 Å². The Balaban J connectivity index is 1.24. The van der Waals surface area contributed by atoms with Gasteiger partial charge in [-0.1, -0.05) is 54.1 Å². The zero-order valence-electron chi connectivity index (χ0n) is 18.0. The van der Waals surface area contributed by atoms with Crippen molar-refractivity contribution in [3.8, 4) is 11.3 Å². The van der Waals surface area contributed by atoms with Gasteiger partial charge in [-0.3, -0.25) is 4.18 Å². The van der Waals surface area contributed by atoms with Gasteiger partial charge in [0, 0.05) is 30.8 Å². The van der Waals surface area contributed by atoms with E-state index in [0.717, 1.165) is 42.3 Å². The molecule has 1 aliphatic heterocycles. The third kappa shape index (κ3) is 4.56. The van der Waals surface area contributed by atoms with E-state index in [0.29, 0.717) is 17.4 Å². The molecule has 0 saturated carbocycles. The van der Waals surface area contributed by atoms with Crippen LogP contribution in [0.5, 0.6) is 0 Å². The van der Waals surface area contributed by atoms with Crippen molar-refractivity contribution in [2.75, 3.05) is 24.6 Å². The number of hydrogen-bond acceptors (Lipinski definition) is 5. The van der Waals surface area contributed by atoms with E-state index < -0.39 is 11.1 Å². The summed E-state index contributed by atoms with van der Waals surface area (Å²) in [4.78, 5) is 12.2. The highest BCUT2D eigenvalue weighted by molar-refractivity contribution is 7.80. The predicted octanol–water partition coefficient (Wildman–Crippen LogP) is 5.17. The van der Waals surface area contributed by atoms with E-state index in [9.17, 15) is 4.21 Å². The lowest BCUT2D eigenvalue weighted by atomic mass is 10.1. The molecule has 2 unspecified atom stereocenters. The molecule has 3 aromatic carbocycles. The lowest BCUT2D eigenvalue weighted by molar-refractivity contribution is 0.285. The second-order valence-corrected chi connectivity index (χ2v) is 9.41. The van der Waals surface area contributed by atoms with Gasteiger partial charge in [-0.15, -0.1) is 0 Å². The van der Waals surface area contributed by atoms with Gasteiger partial charge in [0.1, 0.15) is 0 Å². The van der Waals surface area contributed by atoms with E-state index in [1.165, 1.54) is 10.8 Å². The Labute approximate surface area is 190 Å². The van der Waals surface area contributed by atoms with Crippen LogP contribution < -0.4 is 4.90 Å². The number of rotatable bonds is 6. The van der Waals surface area contributed by atoms with E-state index in [2.05, 4.69) is 52.3 Å². The summed E-state index contributed by atoms with van der Waals surface area (Å²) in [6.07, 6.45) is 2.79. The smallest absolute Gasteiger partial charge is 0.225 e. The van der Waals surface area contributed by atoms with Gasteiger partial charge in [0.2, 0.25) is 5.95 Å².